The Morgan fingerprint density at radius 3 is 2.67 bits per heavy atom. The van der Waals surface area contributed by atoms with Crippen LogP contribution in [-0.2, 0) is 11.3 Å². The Labute approximate surface area is 149 Å². The largest absolute Gasteiger partial charge is 0.486 e. The molecule has 0 atom stereocenters. The van der Waals surface area contributed by atoms with Crippen LogP contribution in [0.3, 0.4) is 0 Å². The summed E-state index contributed by atoms with van der Waals surface area (Å²) in [6.45, 7) is 1.19. The fourth-order valence-electron chi connectivity index (χ4n) is 2.20. The zero-order valence-corrected chi connectivity index (χ0v) is 14.2. The van der Waals surface area contributed by atoms with E-state index in [1.165, 1.54) is 0 Å². The van der Waals surface area contributed by atoms with Crippen LogP contribution in [0.4, 0.5) is 0 Å². The highest BCUT2D eigenvalue weighted by Crippen LogP contribution is 2.38. The topological polar surface area (TPSA) is 56.8 Å². The van der Waals surface area contributed by atoms with E-state index in [0.717, 1.165) is 5.56 Å². The SMILES string of the molecule is O=C(COc1ccc(Cl)cc1)NCc1cc(Cl)c2c(c1)OCCO2. The lowest BCUT2D eigenvalue weighted by Crippen LogP contribution is -2.28. The molecule has 3 rings (SSSR count). The lowest BCUT2D eigenvalue weighted by atomic mass is 10.2. The normalized spacial score (nSPS) is 12.6. The standard InChI is InChI=1S/C17H15Cl2NO4/c18-12-1-3-13(4-2-12)24-10-16(21)20-9-11-7-14(19)17-15(8-11)22-5-6-23-17/h1-4,7-8H,5-6,9-10H2,(H,20,21). The summed E-state index contributed by atoms with van der Waals surface area (Å²) in [7, 11) is 0. The van der Waals surface area contributed by atoms with Crippen molar-refractivity contribution >= 4 is 29.1 Å². The summed E-state index contributed by atoms with van der Waals surface area (Å²) in [5.74, 6) is 1.48. The second-order valence-corrected chi connectivity index (χ2v) is 5.96. The maximum absolute atomic E-state index is 11.9. The van der Waals surface area contributed by atoms with Crippen LogP contribution >= 0.6 is 23.2 Å². The first-order chi connectivity index (χ1) is 11.6. The molecule has 1 N–H and O–H groups in total. The third-order valence-corrected chi connectivity index (χ3v) is 3.86. The van der Waals surface area contributed by atoms with E-state index in [1.807, 2.05) is 0 Å². The van der Waals surface area contributed by atoms with Gasteiger partial charge >= 0.3 is 0 Å². The van der Waals surface area contributed by atoms with E-state index in [-0.39, 0.29) is 12.5 Å². The Kier molecular flexibility index (Phi) is 5.33. The molecule has 1 aliphatic rings. The number of hydrogen-bond donors (Lipinski definition) is 1. The molecular formula is C17H15Cl2NO4. The summed E-state index contributed by atoms with van der Waals surface area (Å²) in [4.78, 5) is 11.9. The Morgan fingerprint density at radius 1 is 1.12 bits per heavy atom. The molecule has 2 aromatic rings. The zero-order valence-electron chi connectivity index (χ0n) is 12.7. The molecule has 0 bridgehead atoms. The van der Waals surface area contributed by atoms with Gasteiger partial charge in [-0.15, -0.1) is 0 Å². The van der Waals surface area contributed by atoms with Crippen molar-refractivity contribution in [2.45, 2.75) is 6.54 Å². The molecule has 0 fully saturated rings. The molecule has 1 heterocycles. The number of halogens is 2. The van der Waals surface area contributed by atoms with Crippen molar-refractivity contribution in [3.8, 4) is 17.2 Å². The van der Waals surface area contributed by atoms with Gasteiger partial charge in [0, 0.05) is 11.6 Å². The average Bonchev–Trinajstić information content (AvgIpc) is 2.59. The van der Waals surface area contributed by atoms with Crippen molar-refractivity contribution in [2.24, 2.45) is 0 Å². The van der Waals surface area contributed by atoms with Crippen LogP contribution in [0, 0.1) is 0 Å². The molecule has 2 aromatic carbocycles. The van der Waals surface area contributed by atoms with Gasteiger partial charge < -0.3 is 19.5 Å². The van der Waals surface area contributed by atoms with Gasteiger partial charge in [-0.3, -0.25) is 4.79 Å². The molecule has 1 amide bonds. The van der Waals surface area contributed by atoms with E-state index in [4.69, 9.17) is 37.4 Å². The number of amides is 1. The van der Waals surface area contributed by atoms with E-state index < -0.39 is 0 Å². The quantitative estimate of drug-likeness (QED) is 0.878. The predicted molar refractivity (Wildman–Crippen MR) is 91.2 cm³/mol. The van der Waals surface area contributed by atoms with E-state index >= 15 is 0 Å². The molecule has 0 saturated heterocycles. The fraction of sp³-hybridized carbons (Fsp3) is 0.235. The van der Waals surface area contributed by atoms with Crippen molar-refractivity contribution in [3.05, 3.63) is 52.0 Å². The maximum Gasteiger partial charge on any atom is 0.258 e. The van der Waals surface area contributed by atoms with Gasteiger partial charge in [0.2, 0.25) is 0 Å². The fourth-order valence-corrected chi connectivity index (χ4v) is 2.61. The molecule has 0 radical (unpaired) electrons. The lowest BCUT2D eigenvalue weighted by Gasteiger charge is -2.20. The molecule has 0 spiro atoms. The maximum atomic E-state index is 11.9. The highest BCUT2D eigenvalue weighted by Gasteiger charge is 2.16. The van der Waals surface area contributed by atoms with E-state index in [1.54, 1.807) is 36.4 Å². The van der Waals surface area contributed by atoms with E-state index in [9.17, 15) is 4.79 Å². The predicted octanol–water partition coefficient (Wildman–Crippen LogP) is 3.46. The molecule has 126 valence electrons. The minimum atomic E-state index is -0.240. The van der Waals surface area contributed by atoms with Gasteiger partial charge in [0.25, 0.3) is 5.91 Å². The van der Waals surface area contributed by atoms with Crippen LogP contribution in [0.25, 0.3) is 0 Å². The van der Waals surface area contributed by atoms with Crippen LogP contribution in [-0.4, -0.2) is 25.7 Å². The zero-order chi connectivity index (χ0) is 16.9. The summed E-state index contributed by atoms with van der Waals surface area (Å²) in [6.07, 6.45) is 0. The number of fused-ring (bicyclic) bond motifs is 1. The number of carbonyl (C=O) groups excluding carboxylic acids is 1. The van der Waals surface area contributed by atoms with E-state index in [0.29, 0.717) is 47.1 Å². The first-order valence-electron chi connectivity index (χ1n) is 7.35. The molecule has 0 aromatic heterocycles. The number of nitrogens with one attached hydrogen (secondary N) is 1. The van der Waals surface area contributed by atoms with Crippen LogP contribution in [0.5, 0.6) is 17.2 Å². The van der Waals surface area contributed by atoms with Crippen molar-refractivity contribution in [1.82, 2.24) is 5.32 Å². The third-order valence-electron chi connectivity index (χ3n) is 3.33. The van der Waals surface area contributed by atoms with Crippen molar-refractivity contribution < 1.29 is 19.0 Å². The van der Waals surface area contributed by atoms with Crippen LogP contribution < -0.4 is 19.5 Å². The average molecular weight is 368 g/mol. The van der Waals surface area contributed by atoms with E-state index in [2.05, 4.69) is 5.32 Å². The minimum Gasteiger partial charge on any atom is -0.486 e. The van der Waals surface area contributed by atoms with Gasteiger partial charge in [0.1, 0.15) is 19.0 Å². The summed E-state index contributed by atoms with van der Waals surface area (Å²) in [6, 6.07) is 10.4. The Hall–Kier alpha value is -2.11. The first kappa shape index (κ1) is 16.7. The van der Waals surface area contributed by atoms with Crippen LogP contribution in [0.15, 0.2) is 36.4 Å². The monoisotopic (exact) mass is 367 g/mol. The van der Waals surface area contributed by atoms with Crippen molar-refractivity contribution in [1.29, 1.82) is 0 Å². The lowest BCUT2D eigenvalue weighted by molar-refractivity contribution is -0.123. The molecule has 5 nitrogen and oxygen atoms in total. The Balaban J connectivity index is 1.52. The summed E-state index contributed by atoms with van der Waals surface area (Å²) >= 11 is 12.0. The van der Waals surface area contributed by atoms with Gasteiger partial charge in [-0.2, -0.15) is 0 Å². The summed E-state index contributed by atoms with van der Waals surface area (Å²) < 4.78 is 16.4. The van der Waals surface area contributed by atoms with Crippen molar-refractivity contribution in [2.75, 3.05) is 19.8 Å². The summed E-state index contributed by atoms with van der Waals surface area (Å²) in [5, 5.41) is 3.85. The van der Waals surface area contributed by atoms with Gasteiger partial charge in [-0.05, 0) is 42.0 Å². The third kappa shape index (κ3) is 4.24. The molecule has 0 unspecified atom stereocenters. The van der Waals surface area contributed by atoms with Gasteiger partial charge in [0.15, 0.2) is 18.1 Å². The highest BCUT2D eigenvalue weighted by atomic mass is 35.5. The molecule has 0 saturated carbocycles. The molecule has 0 aliphatic carbocycles. The smallest absolute Gasteiger partial charge is 0.258 e. The Bertz CT molecular complexity index is 734. The summed E-state index contributed by atoms with van der Waals surface area (Å²) in [5.41, 5.74) is 0.823. The molecule has 7 heteroatoms. The second-order valence-electron chi connectivity index (χ2n) is 5.12. The van der Waals surface area contributed by atoms with Gasteiger partial charge in [-0.1, -0.05) is 23.2 Å². The first-order valence-corrected chi connectivity index (χ1v) is 8.10. The van der Waals surface area contributed by atoms with Crippen LogP contribution in [0.2, 0.25) is 10.0 Å². The van der Waals surface area contributed by atoms with Crippen LogP contribution in [0.1, 0.15) is 5.56 Å². The number of benzene rings is 2. The van der Waals surface area contributed by atoms with Gasteiger partial charge in [0.05, 0.1) is 5.02 Å². The number of ether oxygens (including phenoxy) is 3. The minimum absolute atomic E-state index is 0.0834. The highest BCUT2D eigenvalue weighted by molar-refractivity contribution is 6.32. The number of hydrogen-bond acceptors (Lipinski definition) is 4. The second kappa shape index (κ2) is 7.64. The molecule has 1 aliphatic heterocycles. The Morgan fingerprint density at radius 2 is 1.88 bits per heavy atom. The molecule has 24 heavy (non-hydrogen) atoms. The van der Waals surface area contributed by atoms with Gasteiger partial charge in [-0.25, -0.2) is 0 Å². The van der Waals surface area contributed by atoms with Crippen molar-refractivity contribution in [3.63, 3.8) is 0 Å². The number of carbonyl (C=O) groups is 1. The number of rotatable bonds is 5. The molecular weight excluding hydrogens is 353 g/mol.